The Morgan fingerprint density at radius 1 is 1.42 bits per heavy atom. The van der Waals surface area contributed by atoms with Crippen LogP contribution in [0.15, 0.2) is 17.8 Å². The third-order valence-corrected chi connectivity index (χ3v) is 3.86. The smallest absolute Gasteiger partial charge is 0.256 e. The van der Waals surface area contributed by atoms with E-state index in [0.29, 0.717) is 11.6 Å². The first-order valence-electron chi connectivity index (χ1n) is 6.50. The maximum absolute atomic E-state index is 13.1. The van der Waals surface area contributed by atoms with Gasteiger partial charge in [-0.1, -0.05) is 19.9 Å². The second-order valence-corrected chi connectivity index (χ2v) is 5.69. The Labute approximate surface area is 110 Å². The fraction of sp³-hybridized carbons (Fsp3) is 0.467. The van der Waals surface area contributed by atoms with Crippen molar-refractivity contribution >= 4 is 11.9 Å². The molecule has 4 heteroatoms. The molecule has 2 aliphatic rings. The number of halogens is 2. The van der Waals surface area contributed by atoms with Crippen LogP contribution in [0.3, 0.4) is 0 Å². The Morgan fingerprint density at radius 2 is 2.11 bits per heavy atom. The van der Waals surface area contributed by atoms with Crippen molar-refractivity contribution < 1.29 is 13.6 Å². The number of alkyl halides is 2. The van der Waals surface area contributed by atoms with E-state index < -0.39 is 11.8 Å². The number of fused-ring (bicyclic) bond motifs is 1. The van der Waals surface area contributed by atoms with E-state index in [9.17, 15) is 13.6 Å². The van der Waals surface area contributed by atoms with Crippen LogP contribution in [0.4, 0.5) is 8.78 Å². The molecule has 0 spiro atoms. The van der Waals surface area contributed by atoms with Crippen LogP contribution in [0.25, 0.3) is 6.08 Å². The van der Waals surface area contributed by atoms with Gasteiger partial charge in [-0.05, 0) is 23.1 Å². The minimum atomic E-state index is -2.70. The number of hydrogen-bond acceptors (Lipinski definition) is 2. The summed E-state index contributed by atoms with van der Waals surface area (Å²) in [5.74, 6) is -3.43. The van der Waals surface area contributed by atoms with Gasteiger partial charge in [0.15, 0.2) is 5.78 Å². The van der Waals surface area contributed by atoms with Gasteiger partial charge in [-0.25, -0.2) is 8.78 Å². The van der Waals surface area contributed by atoms with E-state index in [-0.39, 0.29) is 24.2 Å². The van der Waals surface area contributed by atoms with Crippen LogP contribution in [0, 0.1) is 5.92 Å². The summed E-state index contributed by atoms with van der Waals surface area (Å²) in [5.41, 5.74) is 2.84. The normalized spacial score (nSPS) is 24.2. The number of carbonyl (C=O) groups excluding carboxylic acids is 1. The van der Waals surface area contributed by atoms with E-state index >= 15 is 0 Å². The number of allylic oxidation sites excluding steroid dienone is 1. The summed E-state index contributed by atoms with van der Waals surface area (Å²) < 4.78 is 26.2. The van der Waals surface area contributed by atoms with Crippen LogP contribution in [0.5, 0.6) is 0 Å². The fourth-order valence-corrected chi connectivity index (χ4v) is 2.48. The maximum Gasteiger partial charge on any atom is 0.256 e. The summed E-state index contributed by atoms with van der Waals surface area (Å²) in [5, 5.41) is 0. The molecule has 0 N–H and O–H groups in total. The third kappa shape index (κ3) is 2.09. The lowest BCUT2D eigenvalue weighted by atomic mass is 9.90. The molecule has 0 aliphatic heterocycles. The molecule has 1 aromatic rings. The lowest BCUT2D eigenvalue weighted by Crippen LogP contribution is -2.17. The Morgan fingerprint density at radius 3 is 2.68 bits per heavy atom. The van der Waals surface area contributed by atoms with Crippen LogP contribution in [0.1, 0.15) is 43.0 Å². The van der Waals surface area contributed by atoms with Crippen molar-refractivity contribution in [3.8, 4) is 0 Å². The van der Waals surface area contributed by atoms with Gasteiger partial charge in [0.05, 0.1) is 11.6 Å². The largest absolute Gasteiger partial charge is 0.294 e. The second-order valence-electron chi connectivity index (χ2n) is 5.69. The van der Waals surface area contributed by atoms with Gasteiger partial charge in [-0.2, -0.15) is 0 Å². The quantitative estimate of drug-likeness (QED) is 0.818. The number of aromatic nitrogens is 1. The van der Waals surface area contributed by atoms with Gasteiger partial charge in [0.2, 0.25) is 0 Å². The number of hydrogen-bond donors (Lipinski definition) is 0. The Bertz CT molecular complexity index is 590. The number of rotatable bonds is 2. The molecular weight excluding hydrogens is 248 g/mol. The Balaban J connectivity index is 1.98. The van der Waals surface area contributed by atoms with Crippen LogP contribution in [-0.2, 0) is 11.2 Å². The van der Waals surface area contributed by atoms with Gasteiger partial charge in [0.25, 0.3) is 5.92 Å². The van der Waals surface area contributed by atoms with Crippen LogP contribution < -0.4 is 0 Å². The average molecular weight is 263 g/mol. The van der Waals surface area contributed by atoms with Crippen molar-refractivity contribution in [2.75, 3.05) is 0 Å². The topological polar surface area (TPSA) is 30.0 Å². The van der Waals surface area contributed by atoms with Gasteiger partial charge in [-0.3, -0.25) is 9.78 Å². The Hall–Kier alpha value is -1.58. The zero-order chi connectivity index (χ0) is 13.8. The standard InChI is InChI=1S/C15H15F2NO/c1-8(2)10-3-9-4-14(19)11(5-13(9)18-7-10)12-6-15(12,16)17/h3,5,7-8,12H,4,6H2,1-2H3. The predicted octanol–water partition coefficient (Wildman–Crippen LogP) is 3.37. The first kappa shape index (κ1) is 12.5. The summed E-state index contributed by atoms with van der Waals surface area (Å²) >= 11 is 0. The van der Waals surface area contributed by atoms with Crippen molar-refractivity contribution in [3.05, 3.63) is 34.7 Å². The zero-order valence-corrected chi connectivity index (χ0v) is 10.9. The summed E-state index contributed by atoms with van der Waals surface area (Å²) in [6, 6.07) is 1.96. The van der Waals surface area contributed by atoms with E-state index in [0.717, 1.165) is 11.1 Å². The van der Waals surface area contributed by atoms with Crippen molar-refractivity contribution in [2.24, 2.45) is 5.92 Å². The van der Waals surface area contributed by atoms with Gasteiger partial charge < -0.3 is 0 Å². The molecule has 0 amide bonds. The highest BCUT2D eigenvalue weighted by Crippen LogP contribution is 2.54. The maximum atomic E-state index is 13.1. The highest BCUT2D eigenvalue weighted by atomic mass is 19.3. The number of carbonyl (C=O) groups is 1. The minimum absolute atomic E-state index is 0.183. The molecule has 100 valence electrons. The molecule has 2 aliphatic carbocycles. The molecule has 1 aromatic heterocycles. The summed E-state index contributed by atoms with van der Waals surface area (Å²) in [6.45, 7) is 4.11. The van der Waals surface area contributed by atoms with Crippen LogP contribution in [-0.4, -0.2) is 16.7 Å². The van der Waals surface area contributed by atoms with Gasteiger partial charge in [-0.15, -0.1) is 0 Å². The lowest BCUT2D eigenvalue weighted by molar-refractivity contribution is -0.115. The second kappa shape index (κ2) is 3.95. The first-order chi connectivity index (χ1) is 8.88. The summed E-state index contributed by atoms with van der Waals surface area (Å²) in [6.07, 6.45) is 3.31. The van der Waals surface area contributed by atoms with E-state index in [1.165, 1.54) is 0 Å². The van der Waals surface area contributed by atoms with Crippen LogP contribution >= 0.6 is 0 Å². The molecule has 0 radical (unpaired) electrons. The fourth-order valence-electron chi connectivity index (χ4n) is 2.48. The molecule has 1 atom stereocenters. The molecule has 0 bridgehead atoms. The van der Waals surface area contributed by atoms with Crippen molar-refractivity contribution in [2.45, 2.75) is 38.5 Å². The van der Waals surface area contributed by atoms with Crippen molar-refractivity contribution in [1.82, 2.24) is 4.98 Å². The third-order valence-electron chi connectivity index (χ3n) is 3.86. The first-order valence-corrected chi connectivity index (χ1v) is 6.50. The zero-order valence-electron chi connectivity index (χ0n) is 10.9. The van der Waals surface area contributed by atoms with Gasteiger partial charge in [0, 0.05) is 24.6 Å². The molecule has 1 saturated carbocycles. The molecule has 0 aromatic carbocycles. The van der Waals surface area contributed by atoms with E-state index in [4.69, 9.17) is 0 Å². The molecule has 1 heterocycles. The Kier molecular flexibility index (Phi) is 2.59. The predicted molar refractivity (Wildman–Crippen MR) is 68.1 cm³/mol. The minimum Gasteiger partial charge on any atom is -0.294 e. The van der Waals surface area contributed by atoms with E-state index in [1.54, 1.807) is 12.3 Å². The molecule has 3 rings (SSSR count). The number of Topliss-reactive ketones (excluding diaryl/α,β-unsaturated/α-hetero) is 1. The summed E-state index contributed by atoms with van der Waals surface area (Å²) in [7, 11) is 0. The number of ketones is 1. The lowest BCUT2D eigenvalue weighted by Gasteiger charge is -2.16. The van der Waals surface area contributed by atoms with Crippen molar-refractivity contribution in [1.29, 1.82) is 0 Å². The van der Waals surface area contributed by atoms with E-state index in [2.05, 4.69) is 18.8 Å². The molecule has 1 unspecified atom stereocenters. The van der Waals surface area contributed by atoms with Gasteiger partial charge >= 0.3 is 0 Å². The summed E-state index contributed by atoms with van der Waals surface area (Å²) in [4.78, 5) is 16.3. The van der Waals surface area contributed by atoms with Crippen LogP contribution in [0.2, 0.25) is 0 Å². The molecule has 1 fully saturated rings. The number of pyridine rings is 1. The monoisotopic (exact) mass is 263 g/mol. The van der Waals surface area contributed by atoms with Gasteiger partial charge in [0.1, 0.15) is 0 Å². The van der Waals surface area contributed by atoms with E-state index in [1.807, 2.05) is 6.07 Å². The molecular formula is C15H15F2NO. The number of nitrogens with zero attached hydrogens (tertiary/aromatic N) is 1. The SMILES string of the molecule is CC(C)c1cnc2c(c1)CC(=O)C(C1CC1(F)F)=C2. The highest BCUT2D eigenvalue weighted by Gasteiger charge is 2.60. The van der Waals surface area contributed by atoms with Crippen molar-refractivity contribution in [3.63, 3.8) is 0 Å². The molecule has 19 heavy (non-hydrogen) atoms. The molecule has 0 saturated heterocycles. The average Bonchev–Trinajstić information content (AvgIpc) is 2.96. The molecule has 2 nitrogen and oxygen atoms in total. The highest BCUT2D eigenvalue weighted by molar-refractivity contribution is 6.04.